The average Bonchev–Trinajstić information content (AvgIpc) is 2.77. The summed E-state index contributed by atoms with van der Waals surface area (Å²) in [6.07, 6.45) is 0. The van der Waals surface area contributed by atoms with E-state index >= 15 is 0 Å². The molecule has 6 nitrogen and oxygen atoms in total. The van der Waals surface area contributed by atoms with Gasteiger partial charge >= 0.3 is 6.03 Å². The Hall–Kier alpha value is -1.89. The number of carbonyl (C=O) groups is 3. The van der Waals surface area contributed by atoms with E-state index in [2.05, 4.69) is 21.2 Å². The van der Waals surface area contributed by atoms with E-state index in [1.54, 1.807) is 17.9 Å². The van der Waals surface area contributed by atoms with Gasteiger partial charge in [0, 0.05) is 23.1 Å². The summed E-state index contributed by atoms with van der Waals surface area (Å²) >= 11 is 3.44. The van der Waals surface area contributed by atoms with Crippen molar-refractivity contribution in [1.82, 2.24) is 15.1 Å². The molecule has 0 aliphatic carbocycles. The third-order valence-corrected chi connectivity index (χ3v) is 5.20. The van der Waals surface area contributed by atoms with Gasteiger partial charge in [0.1, 0.15) is 12.1 Å². The van der Waals surface area contributed by atoms with Crippen molar-refractivity contribution >= 4 is 33.8 Å². The van der Waals surface area contributed by atoms with E-state index in [1.165, 1.54) is 0 Å². The normalized spacial score (nSPS) is 19.8. The molecule has 1 heterocycles. The summed E-state index contributed by atoms with van der Waals surface area (Å²) in [5, 5.41) is 2.75. The molecule has 1 unspecified atom stereocenters. The fourth-order valence-electron chi connectivity index (χ4n) is 3.28. The lowest BCUT2D eigenvalue weighted by atomic mass is 9.92. The third kappa shape index (κ3) is 4.69. The molecule has 0 bridgehead atoms. The standard InChI is InChI=1S/C20H28BrN3O3/c1-13(2)10-23(11-14(3)4)17(25)12-24-18(26)20(5,22-19(24)27)15-8-6-7-9-16(15)21/h6-9,13-14H,10-12H2,1-5H3,(H,22,27). The molecule has 1 atom stereocenters. The van der Waals surface area contributed by atoms with E-state index in [-0.39, 0.29) is 12.5 Å². The van der Waals surface area contributed by atoms with Gasteiger partial charge in [-0.1, -0.05) is 61.8 Å². The van der Waals surface area contributed by atoms with Gasteiger partial charge in [0.05, 0.1) is 0 Å². The number of nitrogens with zero attached hydrogens (tertiary/aromatic N) is 2. The Balaban J connectivity index is 2.21. The molecule has 1 aromatic carbocycles. The number of hydrogen-bond acceptors (Lipinski definition) is 3. The summed E-state index contributed by atoms with van der Waals surface area (Å²) in [7, 11) is 0. The van der Waals surface area contributed by atoms with Crippen LogP contribution in [0.4, 0.5) is 4.79 Å². The zero-order valence-electron chi connectivity index (χ0n) is 16.6. The first kappa shape index (κ1) is 21.4. The quantitative estimate of drug-likeness (QED) is 0.664. The van der Waals surface area contributed by atoms with Gasteiger partial charge in [-0.3, -0.25) is 14.5 Å². The van der Waals surface area contributed by atoms with Crippen molar-refractivity contribution in [1.29, 1.82) is 0 Å². The number of hydrogen-bond donors (Lipinski definition) is 1. The average molecular weight is 438 g/mol. The van der Waals surface area contributed by atoms with Crippen molar-refractivity contribution in [3.63, 3.8) is 0 Å². The molecule has 4 amide bonds. The molecule has 1 aliphatic rings. The van der Waals surface area contributed by atoms with Gasteiger partial charge in [0.2, 0.25) is 5.91 Å². The van der Waals surface area contributed by atoms with Crippen molar-refractivity contribution in [2.45, 2.75) is 40.2 Å². The number of halogens is 1. The maximum atomic E-state index is 13.0. The Morgan fingerprint density at radius 1 is 1.15 bits per heavy atom. The zero-order chi connectivity index (χ0) is 20.4. The van der Waals surface area contributed by atoms with E-state index < -0.39 is 17.5 Å². The smallest absolute Gasteiger partial charge is 0.325 e. The number of imide groups is 1. The summed E-state index contributed by atoms with van der Waals surface area (Å²) in [5.74, 6) is -0.0123. The lowest BCUT2D eigenvalue weighted by molar-refractivity contribution is -0.139. The van der Waals surface area contributed by atoms with Crippen LogP contribution in [-0.4, -0.2) is 47.3 Å². The van der Waals surface area contributed by atoms with Gasteiger partial charge in [-0.15, -0.1) is 0 Å². The van der Waals surface area contributed by atoms with E-state index in [4.69, 9.17) is 0 Å². The largest absolute Gasteiger partial charge is 0.341 e. The van der Waals surface area contributed by atoms with Crippen molar-refractivity contribution < 1.29 is 14.4 Å². The fourth-order valence-corrected chi connectivity index (χ4v) is 3.97. The molecular formula is C20H28BrN3O3. The Kier molecular flexibility index (Phi) is 6.68. The molecule has 1 fully saturated rings. The van der Waals surface area contributed by atoms with Crippen LogP contribution in [0.2, 0.25) is 0 Å². The number of amides is 4. The lowest BCUT2D eigenvalue weighted by Gasteiger charge is -2.28. The van der Waals surface area contributed by atoms with Gasteiger partial charge in [0.15, 0.2) is 0 Å². The first-order chi connectivity index (χ1) is 12.6. The predicted octanol–water partition coefficient (Wildman–Crippen LogP) is 3.36. The molecule has 1 saturated heterocycles. The van der Waals surface area contributed by atoms with Crippen LogP contribution < -0.4 is 5.32 Å². The molecule has 1 aromatic rings. The fraction of sp³-hybridized carbons (Fsp3) is 0.550. The minimum Gasteiger partial charge on any atom is -0.341 e. The molecule has 2 rings (SSSR count). The zero-order valence-corrected chi connectivity index (χ0v) is 18.2. The van der Waals surface area contributed by atoms with E-state index in [1.807, 2.05) is 45.9 Å². The summed E-state index contributed by atoms with van der Waals surface area (Å²) in [4.78, 5) is 41.1. The van der Waals surface area contributed by atoms with E-state index in [0.717, 1.165) is 9.37 Å². The molecule has 0 radical (unpaired) electrons. The first-order valence-electron chi connectivity index (χ1n) is 9.23. The van der Waals surface area contributed by atoms with Gasteiger partial charge in [-0.05, 0) is 24.8 Å². The summed E-state index contributed by atoms with van der Waals surface area (Å²) in [6.45, 7) is 10.8. The highest BCUT2D eigenvalue weighted by Gasteiger charge is 2.50. The third-order valence-electron chi connectivity index (χ3n) is 4.50. The van der Waals surface area contributed by atoms with E-state index in [9.17, 15) is 14.4 Å². The molecule has 1 aliphatic heterocycles. The lowest BCUT2D eigenvalue weighted by Crippen LogP contribution is -2.46. The number of benzene rings is 1. The van der Waals surface area contributed by atoms with Gasteiger partial charge in [-0.2, -0.15) is 0 Å². The van der Waals surface area contributed by atoms with Crippen molar-refractivity contribution in [2.24, 2.45) is 11.8 Å². The highest BCUT2D eigenvalue weighted by Crippen LogP contribution is 2.33. The van der Waals surface area contributed by atoms with E-state index in [0.29, 0.717) is 30.5 Å². The number of nitrogens with one attached hydrogen (secondary N) is 1. The Labute approximate surface area is 169 Å². The number of urea groups is 1. The SMILES string of the molecule is CC(C)CN(CC(C)C)C(=O)CN1C(=O)NC(C)(c2ccccc2Br)C1=O. The van der Waals surface area contributed by atoms with Crippen molar-refractivity contribution in [3.05, 3.63) is 34.3 Å². The second-order valence-electron chi connectivity index (χ2n) is 8.01. The molecular weight excluding hydrogens is 410 g/mol. The van der Waals surface area contributed by atoms with Crippen molar-refractivity contribution in [2.75, 3.05) is 19.6 Å². The molecule has 0 spiro atoms. The summed E-state index contributed by atoms with van der Waals surface area (Å²) in [6, 6.07) is 6.72. The Morgan fingerprint density at radius 3 is 2.22 bits per heavy atom. The molecule has 148 valence electrons. The minimum atomic E-state index is -1.20. The first-order valence-corrected chi connectivity index (χ1v) is 10.0. The highest BCUT2D eigenvalue weighted by atomic mass is 79.9. The summed E-state index contributed by atoms with van der Waals surface area (Å²) in [5.41, 5.74) is -0.530. The highest BCUT2D eigenvalue weighted by molar-refractivity contribution is 9.10. The second kappa shape index (κ2) is 8.42. The molecule has 7 heteroatoms. The van der Waals surface area contributed by atoms with Crippen LogP contribution >= 0.6 is 15.9 Å². The van der Waals surface area contributed by atoms with Crippen LogP contribution in [0.25, 0.3) is 0 Å². The monoisotopic (exact) mass is 437 g/mol. The molecule has 1 N–H and O–H groups in total. The van der Waals surface area contributed by atoms with Crippen molar-refractivity contribution in [3.8, 4) is 0 Å². The van der Waals surface area contributed by atoms with Crippen LogP contribution in [0.5, 0.6) is 0 Å². The molecule has 0 aromatic heterocycles. The van der Waals surface area contributed by atoms with Crippen LogP contribution in [0, 0.1) is 11.8 Å². The van der Waals surface area contributed by atoms with Gasteiger partial charge in [0.25, 0.3) is 5.91 Å². The van der Waals surface area contributed by atoms with Crippen LogP contribution in [0.15, 0.2) is 28.7 Å². The maximum absolute atomic E-state index is 13.0. The Morgan fingerprint density at radius 2 is 1.70 bits per heavy atom. The van der Waals surface area contributed by atoms with Crippen LogP contribution in [-0.2, 0) is 15.1 Å². The van der Waals surface area contributed by atoms with Gasteiger partial charge < -0.3 is 10.2 Å². The van der Waals surface area contributed by atoms with Gasteiger partial charge in [-0.25, -0.2) is 4.79 Å². The second-order valence-corrected chi connectivity index (χ2v) is 8.87. The predicted molar refractivity (Wildman–Crippen MR) is 108 cm³/mol. The number of rotatable bonds is 7. The molecule has 0 saturated carbocycles. The van der Waals surface area contributed by atoms with Crippen LogP contribution in [0.3, 0.4) is 0 Å². The maximum Gasteiger partial charge on any atom is 0.325 e. The van der Waals surface area contributed by atoms with Crippen LogP contribution in [0.1, 0.15) is 40.2 Å². The molecule has 27 heavy (non-hydrogen) atoms. The Bertz CT molecular complexity index is 725. The topological polar surface area (TPSA) is 69.7 Å². The minimum absolute atomic E-state index is 0.211. The number of carbonyl (C=O) groups excluding carboxylic acids is 3. The summed E-state index contributed by atoms with van der Waals surface area (Å²) < 4.78 is 0.732.